The van der Waals surface area contributed by atoms with Gasteiger partial charge in [-0.1, -0.05) is 30.0 Å². The monoisotopic (exact) mass is 274 g/mol. The SMILES string of the molecule is CCn1c2ccccc2c2nnc(SCCO)nc21. The number of fused-ring (bicyclic) bond motifs is 3. The number of para-hydroxylation sites is 1. The van der Waals surface area contributed by atoms with Gasteiger partial charge >= 0.3 is 0 Å². The predicted molar refractivity (Wildman–Crippen MR) is 76.3 cm³/mol. The predicted octanol–water partition coefficient (Wildman–Crippen LogP) is 2.08. The number of aliphatic hydroxyl groups is 1. The summed E-state index contributed by atoms with van der Waals surface area (Å²) < 4.78 is 2.14. The summed E-state index contributed by atoms with van der Waals surface area (Å²) in [4.78, 5) is 4.56. The van der Waals surface area contributed by atoms with Crippen molar-refractivity contribution in [3.8, 4) is 0 Å². The standard InChI is InChI=1S/C13H14N4OS/c1-2-17-10-6-4-3-5-9(10)11-12(17)14-13(16-15-11)19-8-7-18/h3-6,18H,2,7-8H2,1H3. The molecule has 0 saturated carbocycles. The molecule has 0 aliphatic heterocycles. The lowest BCUT2D eigenvalue weighted by molar-refractivity contribution is 0.322. The summed E-state index contributed by atoms with van der Waals surface area (Å²) in [5.41, 5.74) is 2.83. The second-order valence-corrected chi connectivity index (χ2v) is 5.16. The van der Waals surface area contributed by atoms with Crippen LogP contribution in [0.2, 0.25) is 0 Å². The Kier molecular flexibility index (Phi) is 3.35. The normalized spacial score (nSPS) is 11.5. The number of hydrogen-bond acceptors (Lipinski definition) is 5. The van der Waals surface area contributed by atoms with Crippen LogP contribution in [0.25, 0.3) is 22.1 Å². The zero-order valence-electron chi connectivity index (χ0n) is 10.6. The second kappa shape index (κ2) is 5.14. The third kappa shape index (κ3) is 2.06. The molecule has 2 aromatic heterocycles. The van der Waals surface area contributed by atoms with Crippen molar-refractivity contribution in [2.24, 2.45) is 0 Å². The molecule has 1 aromatic carbocycles. The van der Waals surface area contributed by atoms with E-state index in [1.54, 1.807) is 0 Å². The van der Waals surface area contributed by atoms with E-state index >= 15 is 0 Å². The topological polar surface area (TPSA) is 63.8 Å². The van der Waals surface area contributed by atoms with Crippen molar-refractivity contribution in [3.63, 3.8) is 0 Å². The second-order valence-electron chi connectivity index (χ2n) is 4.10. The molecule has 3 rings (SSSR count). The summed E-state index contributed by atoms with van der Waals surface area (Å²) in [6.07, 6.45) is 0. The number of aromatic nitrogens is 4. The summed E-state index contributed by atoms with van der Waals surface area (Å²) in [5.74, 6) is 0.583. The van der Waals surface area contributed by atoms with Crippen LogP contribution in [-0.4, -0.2) is 37.2 Å². The first-order chi connectivity index (χ1) is 9.35. The van der Waals surface area contributed by atoms with Gasteiger partial charge in [-0.05, 0) is 13.0 Å². The molecule has 19 heavy (non-hydrogen) atoms. The molecular formula is C13H14N4OS. The van der Waals surface area contributed by atoms with Crippen molar-refractivity contribution in [1.29, 1.82) is 0 Å². The lowest BCUT2D eigenvalue weighted by Crippen LogP contribution is -1.99. The van der Waals surface area contributed by atoms with Gasteiger partial charge in [0.1, 0.15) is 5.52 Å². The van der Waals surface area contributed by atoms with E-state index in [0.717, 1.165) is 28.6 Å². The van der Waals surface area contributed by atoms with E-state index in [9.17, 15) is 0 Å². The van der Waals surface area contributed by atoms with Crippen LogP contribution < -0.4 is 0 Å². The molecule has 0 aliphatic rings. The van der Waals surface area contributed by atoms with Gasteiger partial charge in [-0.2, -0.15) is 0 Å². The Morgan fingerprint density at radius 1 is 1.26 bits per heavy atom. The van der Waals surface area contributed by atoms with E-state index in [0.29, 0.717) is 10.9 Å². The molecule has 0 bridgehead atoms. The molecule has 0 unspecified atom stereocenters. The van der Waals surface area contributed by atoms with E-state index in [2.05, 4.69) is 32.7 Å². The first kappa shape index (κ1) is 12.4. The third-order valence-corrected chi connectivity index (χ3v) is 3.81. The van der Waals surface area contributed by atoms with Gasteiger partial charge in [0.25, 0.3) is 0 Å². The third-order valence-electron chi connectivity index (χ3n) is 2.99. The van der Waals surface area contributed by atoms with Gasteiger partial charge in [0.15, 0.2) is 5.65 Å². The summed E-state index contributed by atoms with van der Waals surface area (Å²) in [6.45, 7) is 3.05. The maximum Gasteiger partial charge on any atom is 0.211 e. The van der Waals surface area contributed by atoms with E-state index < -0.39 is 0 Å². The van der Waals surface area contributed by atoms with Crippen LogP contribution in [0.15, 0.2) is 29.4 Å². The number of rotatable bonds is 4. The highest BCUT2D eigenvalue weighted by Gasteiger charge is 2.13. The average Bonchev–Trinajstić information content (AvgIpc) is 2.78. The van der Waals surface area contributed by atoms with E-state index in [4.69, 9.17) is 5.11 Å². The molecule has 0 amide bonds. The van der Waals surface area contributed by atoms with Gasteiger partial charge in [0.2, 0.25) is 5.16 Å². The van der Waals surface area contributed by atoms with Crippen molar-refractivity contribution in [1.82, 2.24) is 19.7 Å². The Labute approximate surface area is 114 Å². The number of thioether (sulfide) groups is 1. The number of aliphatic hydroxyl groups excluding tert-OH is 1. The minimum Gasteiger partial charge on any atom is -0.396 e. The molecule has 98 valence electrons. The Hall–Kier alpha value is -1.66. The van der Waals surface area contributed by atoms with Crippen LogP contribution in [0.4, 0.5) is 0 Å². The number of aryl methyl sites for hydroxylation is 1. The minimum atomic E-state index is 0.114. The van der Waals surface area contributed by atoms with Gasteiger partial charge in [-0.15, -0.1) is 10.2 Å². The molecule has 0 aliphatic carbocycles. The maximum absolute atomic E-state index is 8.85. The summed E-state index contributed by atoms with van der Waals surface area (Å²) in [7, 11) is 0. The zero-order valence-corrected chi connectivity index (χ0v) is 11.4. The molecular weight excluding hydrogens is 260 g/mol. The van der Waals surface area contributed by atoms with Crippen LogP contribution in [0.1, 0.15) is 6.92 Å². The summed E-state index contributed by atoms with van der Waals surface area (Å²) in [6, 6.07) is 8.13. The van der Waals surface area contributed by atoms with Crippen LogP contribution >= 0.6 is 11.8 Å². The quantitative estimate of drug-likeness (QED) is 0.738. The Bertz CT molecular complexity index is 725. The molecule has 0 radical (unpaired) electrons. The van der Waals surface area contributed by atoms with Crippen LogP contribution in [0, 0.1) is 0 Å². The van der Waals surface area contributed by atoms with E-state index in [-0.39, 0.29) is 6.61 Å². The molecule has 2 heterocycles. The molecule has 0 atom stereocenters. The molecule has 3 aromatic rings. The average molecular weight is 274 g/mol. The Balaban J connectivity index is 2.23. The first-order valence-corrected chi connectivity index (χ1v) is 7.19. The lowest BCUT2D eigenvalue weighted by atomic mass is 10.2. The smallest absolute Gasteiger partial charge is 0.211 e. The molecule has 1 N–H and O–H groups in total. The molecule has 6 heteroatoms. The zero-order chi connectivity index (χ0) is 13.2. The molecule has 0 saturated heterocycles. The van der Waals surface area contributed by atoms with Gasteiger partial charge in [0.05, 0.1) is 12.1 Å². The van der Waals surface area contributed by atoms with Crippen LogP contribution in [0.3, 0.4) is 0 Å². The van der Waals surface area contributed by atoms with Gasteiger partial charge in [-0.3, -0.25) is 0 Å². The molecule has 5 nitrogen and oxygen atoms in total. The molecule has 0 fully saturated rings. The van der Waals surface area contributed by atoms with E-state index in [1.807, 2.05) is 18.2 Å². The largest absolute Gasteiger partial charge is 0.396 e. The summed E-state index contributed by atoms with van der Waals surface area (Å²) >= 11 is 1.42. The summed E-state index contributed by atoms with van der Waals surface area (Å²) in [5, 5.41) is 19.0. The Morgan fingerprint density at radius 3 is 2.89 bits per heavy atom. The highest BCUT2D eigenvalue weighted by atomic mass is 32.2. The minimum absolute atomic E-state index is 0.114. The van der Waals surface area contributed by atoms with Crippen molar-refractivity contribution in [2.75, 3.05) is 12.4 Å². The first-order valence-electron chi connectivity index (χ1n) is 6.20. The highest BCUT2D eigenvalue weighted by molar-refractivity contribution is 7.99. The van der Waals surface area contributed by atoms with Crippen LogP contribution in [0.5, 0.6) is 0 Å². The van der Waals surface area contributed by atoms with Gasteiger partial charge in [-0.25, -0.2) is 4.98 Å². The number of nitrogens with zero attached hydrogens (tertiary/aromatic N) is 4. The van der Waals surface area contributed by atoms with Crippen molar-refractivity contribution < 1.29 is 5.11 Å². The van der Waals surface area contributed by atoms with Crippen molar-refractivity contribution in [2.45, 2.75) is 18.6 Å². The van der Waals surface area contributed by atoms with E-state index in [1.165, 1.54) is 11.8 Å². The number of hydrogen-bond donors (Lipinski definition) is 1. The van der Waals surface area contributed by atoms with Gasteiger partial charge in [0, 0.05) is 17.7 Å². The Morgan fingerprint density at radius 2 is 2.11 bits per heavy atom. The fraction of sp³-hybridized carbons (Fsp3) is 0.308. The fourth-order valence-electron chi connectivity index (χ4n) is 2.21. The highest BCUT2D eigenvalue weighted by Crippen LogP contribution is 2.26. The van der Waals surface area contributed by atoms with Crippen LogP contribution in [-0.2, 0) is 6.54 Å². The van der Waals surface area contributed by atoms with Crippen molar-refractivity contribution in [3.05, 3.63) is 24.3 Å². The maximum atomic E-state index is 8.85. The van der Waals surface area contributed by atoms with Gasteiger partial charge < -0.3 is 9.67 Å². The van der Waals surface area contributed by atoms with Crippen molar-refractivity contribution >= 4 is 33.8 Å². The molecule has 0 spiro atoms. The number of benzene rings is 1. The fourth-order valence-corrected chi connectivity index (χ4v) is 2.73. The lowest BCUT2D eigenvalue weighted by Gasteiger charge is -2.02.